The van der Waals surface area contributed by atoms with E-state index in [9.17, 15) is 14.4 Å². The second-order valence-electron chi connectivity index (χ2n) is 5.97. The van der Waals surface area contributed by atoms with Gasteiger partial charge in [-0.15, -0.1) is 11.3 Å². The first kappa shape index (κ1) is 22.2. The number of Topliss-reactive ketones (excluding diaryl/α,β-unsaturated/α-hetero) is 1. The lowest BCUT2D eigenvalue weighted by molar-refractivity contribution is -0.111. The van der Waals surface area contributed by atoms with E-state index in [0.717, 1.165) is 11.3 Å². The van der Waals surface area contributed by atoms with E-state index >= 15 is 0 Å². The standard InChI is InChI=1S/C21H23NO6S/c1-6-28-21(25)18-12(2)19(13(3)23)29-20(18)22-17(24)10-8-14-7-9-15(26-4)11-16(14)27-5/h7-11H,6H2,1-5H3,(H,22,24)/b10-8+. The van der Waals surface area contributed by atoms with Crippen LogP contribution < -0.4 is 14.8 Å². The van der Waals surface area contributed by atoms with Crippen LogP contribution >= 0.6 is 11.3 Å². The number of rotatable bonds is 8. The zero-order valence-corrected chi connectivity index (χ0v) is 17.8. The summed E-state index contributed by atoms with van der Waals surface area (Å²) in [4.78, 5) is 37.0. The van der Waals surface area contributed by atoms with Crippen LogP contribution in [0.4, 0.5) is 5.00 Å². The number of carbonyl (C=O) groups is 3. The van der Waals surface area contributed by atoms with Crippen molar-refractivity contribution < 1.29 is 28.6 Å². The summed E-state index contributed by atoms with van der Waals surface area (Å²) < 4.78 is 15.5. The van der Waals surface area contributed by atoms with Crippen LogP contribution in [0.15, 0.2) is 24.3 Å². The van der Waals surface area contributed by atoms with E-state index in [1.165, 1.54) is 20.1 Å². The Labute approximate surface area is 173 Å². The smallest absolute Gasteiger partial charge is 0.341 e. The Morgan fingerprint density at radius 1 is 1.17 bits per heavy atom. The third-order valence-electron chi connectivity index (χ3n) is 4.04. The van der Waals surface area contributed by atoms with Crippen LogP contribution in [-0.2, 0) is 9.53 Å². The quantitative estimate of drug-likeness (QED) is 0.395. The Morgan fingerprint density at radius 2 is 1.90 bits per heavy atom. The van der Waals surface area contributed by atoms with Gasteiger partial charge in [0.1, 0.15) is 16.5 Å². The summed E-state index contributed by atoms with van der Waals surface area (Å²) >= 11 is 1.05. The molecule has 2 rings (SSSR count). The van der Waals surface area contributed by atoms with Crippen molar-refractivity contribution in [2.75, 3.05) is 26.1 Å². The maximum absolute atomic E-state index is 12.4. The largest absolute Gasteiger partial charge is 0.497 e. The van der Waals surface area contributed by atoms with Crippen molar-refractivity contribution in [3.8, 4) is 11.5 Å². The van der Waals surface area contributed by atoms with Crippen LogP contribution in [0.3, 0.4) is 0 Å². The zero-order chi connectivity index (χ0) is 21.6. The molecule has 0 fully saturated rings. The number of carbonyl (C=O) groups excluding carboxylic acids is 3. The molecule has 0 saturated heterocycles. The van der Waals surface area contributed by atoms with Crippen molar-refractivity contribution in [2.24, 2.45) is 0 Å². The first-order valence-corrected chi connectivity index (χ1v) is 9.66. The maximum atomic E-state index is 12.4. The van der Waals surface area contributed by atoms with Gasteiger partial charge in [0.15, 0.2) is 5.78 Å². The topological polar surface area (TPSA) is 90.9 Å². The highest BCUT2D eigenvalue weighted by Crippen LogP contribution is 2.34. The van der Waals surface area contributed by atoms with Crippen LogP contribution in [0.5, 0.6) is 11.5 Å². The number of hydrogen-bond acceptors (Lipinski definition) is 7. The van der Waals surface area contributed by atoms with Gasteiger partial charge >= 0.3 is 5.97 Å². The highest BCUT2D eigenvalue weighted by molar-refractivity contribution is 7.18. The molecule has 2 aromatic rings. The average Bonchev–Trinajstić information content (AvgIpc) is 3.02. The lowest BCUT2D eigenvalue weighted by Gasteiger charge is -2.07. The molecule has 0 aliphatic carbocycles. The number of ketones is 1. The number of esters is 1. The molecule has 29 heavy (non-hydrogen) atoms. The number of ether oxygens (including phenoxy) is 3. The third kappa shape index (κ3) is 5.23. The predicted octanol–water partition coefficient (Wildman–Crippen LogP) is 4.10. The van der Waals surface area contributed by atoms with Gasteiger partial charge in [-0.2, -0.15) is 0 Å². The van der Waals surface area contributed by atoms with E-state index in [0.29, 0.717) is 27.5 Å². The van der Waals surface area contributed by atoms with Crippen LogP contribution in [0.1, 0.15) is 45.0 Å². The second-order valence-corrected chi connectivity index (χ2v) is 6.99. The van der Waals surface area contributed by atoms with Crippen molar-refractivity contribution in [1.82, 2.24) is 0 Å². The molecule has 0 atom stereocenters. The van der Waals surface area contributed by atoms with Crippen molar-refractivity contribution in [3.63, 3.8) is 0 Å². The lowest BCUT2D eigenvalue weighted by atomic mass is 10.1. The Hall–Kier alpha value is -3.13. The SMILES string of the molecule is CCOC(=O)c1c(NC(=O)/C=C/c2ccc(OC)cc2OC)sc(C(C)=O)c1C. The van der Waals surface area contributed by atoms with Gasteiger partial charge in [0.05, 0.1) is 31.3 Å². The molecule has 1 N–H and O–H groups in total. The third-order valence-corrected chi connectivity index (χ3v) is 5.35. The highest BCUT2D eigenvalue weighted by Gasteiger charge is 2.24. The number of anilines is 1. The molecule has 0 aliphatic heterocycles. The molecule has 1 heterocycles. The second kappa shape index (κ2) is 9.88. The lowest BCUT2D eigenvalue weighted by Crippen LogP contribution is -2.12. The Morgan fingerprint density at radius 3 is 2.48 bits per heavy atom. The summed E-state index contributed by atoms with van der Waals surface area (Å²) in [5.74, 6) is -0.0357. The first-order chi connectivity index (χ1) is 13.8. The van der Waals surface area contributed by atoms with Gasteiger partial charge in [0.25, 0.3) is 0 Å². The fourth-order valence-corrected chi connectivity index (χ4v) is 3.75. The zero-order valence-electron chi connectivity index (χ0n) is 17.0. The number of nitrogens with one attached hydrogen (secondary N) is 1. The van der Waals surface area contributed by atoms with Gasteiger partial charge in [-0.05, 0) is 44.5 Å². The van der Waals surface area contributed by atoms with E-state index in [1.807, 2.05) is 0 Å². The van der Waals surface area contributed by atoms with Gasteiger partial charge in [-0.1, -0.05) is 0 Å². The minimum absolute atomic E-state index is 0.183. The van der Waals surface area contributed by atoms with Crippen molar-refractivity contribution in [2.45, 2.75) is 20.8 Å². The molecule has 1 aromatic carbocycles. The van der Waals surface area contributed by atoms with E-state index in [-0.39, 0.29) is 23.0 Å². The van der Waals surface area contributed by atoms with E-state index < -0.39 is 11.9 Å². The molecule has 0 bridgehead atoms. The van der Waals surface area contributed by atoms with Crippen molar-refractivity contribution >= 4 is 40.1 Å². The summed E-state index contributed by atoms with van der Waals surface area (Å²) in [6.45, 7) is 4.95. The van der Waals surface area contributed by atoms with E-state index in [4.69, 9.17) is 14.2 Å². The van der Waals surface area contributed by atoms with Crippen LogP contribution in [0.2, 0.25) is 0 Å². The molecule has 1 aromatic heterocycles. The molecule has 154 valence electrons. The molecule has 0 radical (unpaired) electrons. The van der Waals surface area contributed by atoms with E-state index in [2.05, 4.69) is 5.32 Å². The van der Waals surface area contributed by atoms with Gasteiger partial charge in [-0.3, -0.25) is 9.59 Å². The summed E-state index contributed by atoms with van der Waals surface area (Å²) in [5, 5.41) is 2.95. The normalized spacial score (nSPS) is 10.7. The monoisotopic (exact) mass is 417 g/mol. The summed E-state index contributed by atoms with van der Waals surface area (Å²) in [6.07, 6.45) is 2.91. The van der Waals surface area contributed by atoms with Crippen LogP contribution in [0.25, 0.3) is 6.08 Å². The van der Waals surface area contributed by atoms with Crippen LogP contribution in [0, 0.1) is 6.92 Å². The molecule has 1 amide bonds. The van der Waals surface area contributed by atoms with Gasteiger partial charge < -0.3 is 19.5 Å². The molecule has 0 spiro atoms. The van der Waals surface area contributed by atoms with Gasteiger partial charge in [0, 0.05) is 17.7 Å². The van der Waals surface area contributed by atoms with Crippen molar-refractivity contribution in [3.05, 3.63) is 45.8 Å². The molecule has 0 saturated carbocycles. The minimum Gasteiger partial charge on any atom is -0.497 e. The first-order valence-electron chi connectivity index (χ1n) is 8.84. The van der Waals surface area contributed by atoms with Crippen LogP contribution in [-0.4, -0.2) is 38.5 Å². The van der Waals surface area contributed by atoms with Crippen molar-refractivity contribution in [1.29, 1.82) is 0 Å². The molecule has 0 unspecified atom stereocenters. The van der Waals surface area contributed by atoms with Gasteiger partial charge in [0.2, 0.25) is 5.91 Å². The molecular formula is C21H23NO6S. The summed E-state index contributed by atoms with van der Waals surface area (Å²) in [5.41, 5.74) is 1.38. The summed E-state index contributed by atoms with van der Waals surface area (Å²) in [6, 6.07) is 5.22. The molecular weight excluding hydrogens is 394 g/mol. The average molecular weight is 417 g/mol. The molecule has 7 nitrogen and oxygen atoms in total. The number of benzene rings is 1. The highest BCUT2D eigenvalue weighted by atomic mass is 32.1. The minimum atomic E-state index is -0.579. The Bertz CT molecular complexity index is 960. The number of hydrogen-bond donors (Lipinski definition) is 1. The summed E-state index contributed by atoms with van der Waals surface area (Å²) in [7, 11) is 3.08. The predicted molar refractivity (Wildman–Crippen MR) is 112 cm³/mol. The number of amides is 1. The van der Waals surface area contributed by atoms with E-state index in [1.54, 1.807) is 45.2 Å². The maximum Gasteiger partial charge on any atom is 0.341 e. The Balaban J connectivity index is 2.29. The Kier molecular flexibility index (Phi) is 7.55. The van der Waals surface area contributed by atoms with Gasteiger partial charge in [-0.25, -0.2) is 4.79 Å². The molecule has 8 heteroatoms. The number of thiophene rings is 1. The number of methoxy groups -OCH3 is 2. The molecule has 0 aliphatic rings. The fraction of sp³-hybridized carbons (Fsp3) is 0.286. The fourth-order valence-electron chi connectivity index (χ4n) is 2.66.